The molecule has 0 saturated carbocycles. The van der Waals surface area contributed by atoms with Crippen molar-refractivity contribution in [3.05, 3.63) is 62.0 Å². The van der Waals surface area contributed by atoms with E-state index in [0.717, 1.165) is 27.3 Å². The van der Waals surface area contributed by atoms with Crippen LogP contribution in [0.25, 0.3) is 10.2 Å². The SMILES string of the molecule is CCCOC(=O)c1cccc(Cn2c(CN(C)C)nc3sc(C)c(C)c3c2=O)c1. The van der Waals surface area contributed by atoms with Gasteiger partial charge in [0, 0.05) is 4.88 Å². The number of carbonyl (C=O) groups is 1. The molecule has 2 aromatic heterocycles. The maximum atomic E-state index is 13.3. The topological polar surface area (TPSA) is 64.4 Å². The highest BCUT2D eigenvalue weighted by Crippen LogP contribution is 2.26. The number of ether oxygens (including phenoxy) is 1. The fourth-order valence-corrected chi connectivity index (χ4v) is 4.23. The highest BCUT2D eigenvalue weighted by Gasteiger charge is 2.17. The predicted molar refractivity (Wildman–Crippen MR) is 117 cm³/mol. The van der Waals surface area contributed by atoms with Crippen molar-refractivity contribution in [3.63, 3.8) is 0 Å². The van der Waals surface area contributed by atoms with E-state index in [1.165, 1.54) is 0 Å². The minimum absolute atomic E-state index is 0.0346. The van der Waals surface area contributed by atoms with Crippen LogP contribution in [0.3, 0.4) is 0 Å². The zero-order chi connectivity index (χ0) is 21.1. The van der Waals surface area contributed by atoms with Gasteiger partial charge in [-0.3, -0.25) is 9.36 Å². The van der Waals surface area contributed by atoms with Crippen molar-refractivity contribution < 1.29 is 9.53 Å². The Hall–Kier alpha value is -2.51. The van der Waals surface area contributed by atoms with E-state index in [0.29, 0.717) is 36.5 Å². The van der Waals surface area contributed by atoms with Crippen LogP contribution in [0.2, 0.25) is 0 Å². The number of carbonyl (C=O) groups excluding carboxylic acids is 1. The van der Waals surface area contributed by atoms with E-state index in [1.54, 1.807) is 28.0 Å². The Kier molecular flexibility index (Phi) is 6.49. The van der Waals surface area contributed by atoms with Crippen molar-refractivity contribution in [1.82, 2.24) is 14.5 Å². The first-order valence-corrected chi connectivity index (χ1v) is 10.5. The fourth-order valence-electron chi connectivity index (χ4n) is 3.19. The van der Waals surface area contributed by atoms with Gasteiger partial charge in [0.2, 0.25) is 0 Å². The van der Waals surface area contributed by atoms with Gasteiger partial charge < -0.3 is 9.64 Å². The van der Waals surface area contributed by atoms with Gasteiger partial charge in [-0.25, -0.2) is 9.78 Å². The molecule has 0 atom stereocenters. The van der Waals surface area contributed by atoms with Crippen molar-refractivity contribution in [2.45, 2.75) is 40.3 Å². The van der Waals surface area contributed by atoms with E-state index in [9.17, 15) is 9.59 Å². The highest BCUT2D eigenvalue weighted by atomic mass is 32.1. The normalized spacial score (nSPS) is 11.4. The molecule has 0 radical (unpaired) electrons. The quantitative estimate of drug-likeness (QED) is 0.552. The highest BCUT2D eigenvalue weighted by molar-refractivity contribution is 7.18. The Morgan fingerprint density at radius 3 is 2.72 bits per heavy atom. The molecule has 0 aliphatic rings. The number of rotatable bonds is 7. The summed E-state index contributed by atoms with van der Waals surface area (Å²) in [6.07, 6.45) is 0.778. The van der Waals surface area contributed by atoms with Crippen LogP contribution < -0.4 is 5.56 Å². The maximum absolute atomic E-state index is 13.3. The third kappa shape index (κ3) is 4.57. The monoisotopic (exact) mass is 413 g/mol. The van der Waals surface area contributed by atoms with Crippen molar-refractivity contribution in [3.8, 4) is 0 Å². The predicted octanol–water partition coefficient (Wildman–Crippen LogP) is 3.75. The van der Waals surface area contributed by atoms with E-state index in [1.807, 2.05) is 51.9 Å². The van der Waals surface area contributed by atoms with Crippen LogP contribution in [-0.2, 0) is 17.8 Å². The van der Waals surface area contributed by atoms with Crippen molar-refractivity contribution in [2.24, 2.45) is 0 Å². The smallest absolute Gasteiger partial charge is 0.338 e. The summed E-state index contributed by atoms with van der Waals surface area (Å²) >= 11 is 1.56. The average molecular weight is 414 g/mol. The molecular weight excluding hydrogens is 386 g/mol. The van der Waals surface area contributed by atoms with Crippen molar-refractivity contribution >= 4 is 27.5 Å². The number of aryl methyl sites for hydroxylation is 2. The van der Waals surface area contributed by atoms with E-state index < -0.39 is 0 Å². The molecular formula is C22H27N3O3S. The lowest BCUT2D eigenvalue weighted by molar-refractivity contribution is 0.0505. The summed E-state index contributed by atoms with van der Waals surface area (Å²) in [6, 6.07) is 7.26. The van der Waals surface area contributed by atoms with Gasteiger partial charge in [0.1, 0.15) is 10.7 Å². The summed E-state index contributed by atoms with van der Waals surface area (Å²) in [5.41, 5.74) is 2.32. The van der Waals surface area contributed by atoms with Crippen LogP contribution in [0.5, 0.6) is 0 Å². The van der Waals surface area contributed by atoms with Gasteiger partial charge in [-0.05, 0) is 57.6 Å². The molecule has 2 heterocycles. The molecule has 0 amide bonds. The van der Waals surface area contributed by atoms with Crippen molar-refractivity contribution in [2.75, 3.05) is 20.7 Å². The van der Waals surface area contributed by atoms with Gasteiger partial charge in [0.25, 0.3) is 5.56 Å². The van der Waals surface area contributed by atoms with E-state index in [-0.39, 0.29) is 11.5 Å². The first-order chi connectivity index (χ1) is 13.8. The number of esters is 1. The van der Waals surface area contributed by atoms with Crippen LogP contribution in [0.15, 0.2) is 29.1 Å². The number of aromatic nitrogens is 2. The molecule has 0 fully saturated rings. The second-order valence-corrected chi connectivity index (χ2v) is 8.66. The minimum Gasteiger partial charge on any atom is -0.462 e. The fraction of sp³-hybridized carbons (Fsp3) is 0.409. The Morgan fingerprint density at radius 2 is 2.03 bits per heavy atom. The number of thiophene rings is 1. The van der Waals surface area contributed by atoms with Crippen molar-refractivity contribution in [1.29, 1.82) is 0 Å². The largest absolute Gasteiger partial charge is 0.462 e. The summed E-state index contributed by atoms with van der Waals surface area (Å²) in [7, 11) is 3.91. The molecule has 29 heavy (non-hydrogen) atoms. The summed E-state index contributed by atoms with van der Waals surface area (Å²) < 4.78 is 6.95. The number of hydrogen-bond donors (Lipinski definition) is 0. The molecule has 0 bridgehead atoms. The first-order valence-electron chi connectivity index (χ1n) is 9.72. The molecule has 3 rings (SSSR count). The Labute approximate surface area is 174 Å². The maximum Gasteiger partial charge on any atom is 0.338 e. The molecule has 7 heteroatoms. The third-order valence-electron chi connectivity index (χ3n) is 4.77. The second kappa shape index (κ2) is 8.88. The summed E-state index contributed by atoms with van der Waals surface area (Å²) in [5, 5.41) is 0.688. The van der Waals surface area contributed by atoms with Crippen LogP contribution >= 0.6 is 11.3 Å². The van der Waals surface area contributed by atoms with Gasteiger partial charge in [-0.15, -0.1) is 11.3 Å². The van der Waals surface area contributed by atoms with E-state index in [2.05, 4.69) is 0 Å². The van der Waals surface area contributed by atoms with Gasteiger partial charge in [-0.2, -0.15) is 0 Å². The zero-order valence-electron chi connectivity index (χ0n) is 17.6. The van der Waals surface area contributed by atoms with E-state index >= 15 is 0 Å². The van der Waals surface area contributed by atoms with Gasteiger partial charge in [0.05, 0.1) is 30.6 Å². The lowest BCUT2D eigenvalue weighted by Crippen LogP contribution is -2.28. The third-order valence-corrected chi connectivity index (χ3v) is 5.87. The van der Waals surface area contributed by atoms with Crippen LogP contribution in [0.4, 0.5) is 0 Å². The molecule has 6 nitrogen and oxygen atoms in total. The molecule has 154 valence electrons. The lowest BCUT2D eigenvalue weighted by Gasteiger charge is -2.16. The van der Waals surface area contributed by atoms with E-state index in [4.69, 9.17) is 9.72 Å². The van der Waals surface area contributed by atoms with Crippen LogP contribution in [-0.4, -0.2) is 41.1 Å². The molecule has 0 N–H and O–H groups in total. The van der Waals surface area contributed by atoms with Gasteiger partial charge in [0.15, 0.2) is 0 Å². The molecule has 0 unspecified atom stereocenters. The molecule has 3 aromatic rings. The first kappa shape index (κ1) is 21.2. The standard InChI is InChI=1S/C22H27N3O3S/c1-6-10-28-22(27)17-9-7-8-16(11-17)12-25-18(13-24(4)5)23-20-19(21(25)26)14(2)15(3)29-20/h7-9,11H,6,10,12-13H2,1-5H3. The van der Waals surface area contributed by atoms with Crippen LogP contribution in [0.1, 0.15) is 45.5 Å². The van der Waals surface area contributed by atoms with Gasteiger partial charge in [-0.1, -0.05) is 19.1 Å². The Balaban J connectivity index is 2.05. The second-order valence-electron chi connectivity index (χ2n) is 7.46. The van der Waals surface area contributed by atoms with Crippen LogP contribution in [0, 0.1) is 13.8 Å². The number of nitrogens with zero attached hydrogens (tertiary/aromatic N) is 3. The molecule has 0 aliphatic carbocycles. The molecule has 1 aromatic carbocycles. The average Bonchev–Trinajstić information content (AvgIpc) is 2.96. The summed E-state index contributed by atoms with van der Waals surface area (Å²) in [6.45, 7) is 7.25. The Bertz CT molecular complexity index is 1100. The summed E-state index contributed by atoms with van der Waals surface area (Å²) in [4.78, 5) is 34.2. The number of hydrogen-bond acceptors (Lipinski definition) is 6. The molecule has 0 spiro atoms. The molecule has 0 saturated heterocycles. The lowest BCUT2D eigenvalue weighted by atomic mass is 10.1. The minimum atomic E-state index is -0.340. The molecule has 0 aliphatic heterocycles. The number of fused-ring (bicyclic) bond motifs is 1. The Morgan fingerprint density at radius 1 is 1.28 bits per heavy atom. The number of benzene rings is 1. The van der Waals surface area contributed by atoms with Gasteiger partial charge >= 0.3 is 5.97 Å². The zero-order valence-corrected chi connectivity index (χ0v) is 18.4. The summed E-state index contributed by atoms with van der Waals surface area (Å²) in [5.74, 6) is 0.375.